The van der Waals surface area contributed by atoms with Crippen molar-refractivity contribution in [2.75, 3.05) is 0 Å². The third kappa shape index (κ3) is 4.50. The lowest BCUT2D eigenvalue weighted by molar-refractivity contribution is -0.137. The topological polar surface area (TPSA) is 52.3 Å². The van der Waals surface area contributed by atoms with E-state index in [1.165, 1.54) is 0 Å². The van der Waals surface area contributed by atoms with Gasteiger partial charge in [-0.3, -0.25) is 4.79 Å². The van der Waals surface area contributed by atoms with Gasteiger partial charge in [0.2, 0.25) is 0 Å². The van der Waals surface area contributed by atoms with Gasteiger partial charge in [0, 0.05) is 0 Å². The molecule has 0 aliphatic rings. The van der Waals surface area contributed by atoms with Gasteiger partial charge in [0.15, 0.2) is 0 Å². The summed E-state index contributed by atoms with van der Waals surface area (Å²) in [7, 11) is -2.75. The van der Waals surface area contributed by atoms with Crippen molar-refractivity contribution in [1.82, 2.24) is 0 Å². The molecule has 0 aromatic heterocycles. The average molecular weight is 384 g/mol. The van der Waals surface area contributed by atoms with E-state index in [1.807, 2.05) is 48.5 Å². The maximum atomic E-state index is 13.1. The van der Waals surface area contributed by atoms with Crippen LogP contribution in [-0.2, 0) is 15.6 Å². The van der Waals surface area contributed by atoms with E-state index < -0.39 is 14.4 Å². The molecule has 0 amide bonds. The minimum Gasteiger partial charge on any atom is -0.512 e. The molecular formula is C23H33NO2Si. The van der Waals surface area contributed by atoms with Gasteiger partial charge in [-0.1, -0.05) is 102 Å². The van der Waals surface area contributed by atoms with Crippen LogP contribution in [0, 0.1) is 0 Å². The van der Waals surface area contributed by atoms with Gasteiger partial charge in [0.1, 0.15) is 6.04 Å². The first-order valence-electron chi connectivity index (χ1n) is 9.57. The van der Waals surface area contributed by atoms with Crippen molar-refractivity contribution in [3.63, 3.8) is 0 Å². The summed E-state index contributed by atoms with van der Waals surface area (Å²) in [6.07, 6.45) is 0.479. The smallest absolute Gasteiger partial charge is 0.310 e. The van der Waals surface area contributed by atoms with E-state index >= 15 is 0 Å². The molecule has 2 aromatic carbocycles. The van der Waals surface area contributed by atoms with Crippen molar-refractivity contribution < 1.29 is 9.22 Å². The van der Waals surface area contributed by atoms with Gasteiger partial charge in [0.25, 0.3) is 8.32 Å². The van der Waals surface area contributed by atoms with Gasteiger partial charge in [0.05, 0.1) is 0 Å². The number of hydrogen-bond donors (Lipinski definition) is 1. The van der Waals surface area contributed by atoms with E-state index in [-0.39, 0.29) is 16.0 Å². The van der Waals surface area contributed by atoms with Gasteiger partial charge >= 0.3 is 5.97 Å². The molecule has 3 nitrogen and oxygen atoms in total. The van der Waals surface area contributed by atoms with E-state index in [0.717, 1.165) is 10.8 Å². The van der Waals surface area contributed by atoms with Crippen molar-refractivity contribution in [1.29, 1.82) is 0 Å². The van der Waals surface area contributed by atoms with Crippen molar-refractivity contribution in [2.45, 2.75) is 64.1 Å². The summed E-state index contributed by atoms with van der Waals surface area (Å²) in [5.41, 5.74) is 7.31. The van der Waals surface area contributed by atoms with Gasteiger partial charge < -0.3 is 10.2 Å². The summed E-state index contributed by atoms with van der Waals surface area (Å²) in [4.78, 5) is 13.1. The second-order valence-corrected chi connectivity index (χ2v) is 14.4. The normalized spacial score (nSPS) is 13.9. The Morgan fingerprint density at radius 2 is 1.33 bits per heavy atom. The molecule has 27 heavy (non-hydrogen) atoms. The Hall–Kier alpha value is -1.91. The van der Waals surface area contributed by atoms with Crippen LogP contribution in [0.25, 0.3) is 0 Å². The Morgan fingerprint density at radius 3 is 1.78 bits per heavy atom. The Morgan fingerprint density at radius 1 is 0.889 bits per heavy atom. The molecule has 146 valence electrons. The van der Waals surface area contributed by atoms with Crippen molar-refractivity contribution in [3.8, 4) is 0 Å². The summed E-state index contributed by atoms with van der Waals surface area (Å²) in [5, 5.41) is 0.758. The van der Waals surface area contributed by atoms with E-state index in [1.54, 1.807) is 0 Å². The molecule has 0 aliphatic carbocycles. The number of nitrogens with two attached hydrogens (primary N) is 1. The number of rotatable bonds is 5. The molecule has 2 rings (SSSR count). The Balaban J connectivity index is 2.41. The number of carbonyl (C=O) groups excluding carboxylic acids is 1. The molecule has 0 saturated carbocycles. The fourth-order valence-electron chi connectivity index (χ4n) is 4.21. The third-order valence-electron chi connectivity index (χ3n) is 5.15. The molecule has 0 radical (unpaired) electrons. The monoisotopic (exact) mass is 383 g/mol. The Labute approximate surface area is 165 Å². The highest BCUT2D eigenvalue weighted by Crippen LogP contribution is 2.51. The second kappa shape index (κ2) is 7.99. The molecule has 0 bridgehead atoms. The predicted molar refractivity (Wildman–Crippen MR) is 115 cm³/mol. The predicted octanol–water partition coefficient (Wildman–Crippen LogP) is 4.55. The van der Waals surface area contributed by atoms with Crippen molar-refractivity contribution in [2.24, 2.45) is 5.73 Å². The molecule has 2 N–H and O–H groups in total. The zero-order valence-electron chi connectivity index (χ0n) is 17.5. The molecular weight excluding hydrogens is 350 g/mol. The lowest BCUT2D eigenvalue weighted by Gasteiger charge is -2.50. The number of carbonyl (C=O) groups is 1. The molecule has 2 aromatic rings. The molecule has 0 fully saturated rings. The van der Waals surface area contributed by atoms with Gasteiger partial charge in [-0.25, -0.2) is 0 Å². The summed E-state index contributed by atoms with van der Waals surface area (Å²) in [5.74, 6) is -0.306. The van der Waals surface area contributed by atoms with E-state index in [4.69, 9.17) is 10.2 Å². The Bertz CT molecular complexity index is 731. The van der Waals surface area contributed by atoms with Crippen LogP contribution >= 0.6 is 0 Å². The maximum Gasteiger partial charge on any atom is 0.310 e. The molecule has 0 aliphatic heterocycles. The van der Waals surface area contributed by atoms with Crippen molar-refractivity contribution >= 4 is 19.5 Å². The van der Waals surface area contributed by atoms with Gasteiger partial charge in [-0.2, -0.15) is 0 Å². The summed E-state index contributed by atoms with van der Waals surface area (Å²) in [6.45, 7) is 13.0. The number of benzene rings is 2. The molecule has 4 heteroatoms. The zero-order chi connectivity index (χ0) is 20.3. The minimum absolute atomic E-state index is 0.186. The SMILES string of the molecule is CC(C)(C)[Si](OC(=O)[C@@H](N)Cc1ccccc1)(c1ccccc1)C(C)(C)C. The fourth-order valence-corrected chi connectivity index (χ4v) is 10.0. The molecule has 0 unspecified atom stereocenters. The van der Waals surface area contributed by atoms with Gasteiger partial charge in [-0.05, 0) is 27.2 Å². The lowest BCUT2D eigenvalue weighted by atomic mass is 10.1. The highest BCUT2D eigenvalue weighted by atomic mass is 28.4. The Kier molecular flexibility index (Phi) is 6.33. The second-order valence-electron chi connectivity index (χ2n) is 9.26. The average Bonchev–Trinajstić information content (AvgIpc) is 2.58. The molecule has 0 spiro atoms. The first-order chi connectivity index (χ1) is 12.5. The third-order valence-corrected chi connectivity index (χ3v) is 11.0. The molecule has 0 heterocycles. The van der Waals surface area contributed by atoms with Crippen LogP contribution in [-0.4, -0.2) is 20.3 Å². The van der Waals surface area contributed by atoms with E-state index in [9.17, 15) is 4.79 Å². The maximum absolute atomic E-state index is 13.1. The van der Waals surface area contributed by atoms with Crippen LogP contribution in [0.2, 0.25) is 10.1 Å². The number of hydrogen-bond acceptors (Lipinski definition) is 3. The lowest BCUT2D eigenvalue weighted by Crippen LogP contribution is -2.65. The van der Waals surface area contributed by atoms with Crippen molar-refractivity contribution in [3.05, 3.63) is 66.2 Å². The largest absolute Gasteiger partial charge is 0.512 e. The van der Waals surface area contributed by atoms with E-state index in [0.29, 0.717) is 6.42 Å². The highest BCUT2D eigenvalue weighted by Gasteiger charge is 2.59. The first kappa shape index (κ1) is 21.4. The zero-order valence-corrected chi connectivity index (χ0v) is 18.5. The first-order valence-corrected chi connectivity index (χ1v) is 11.5. The summed E-state index contributed by atoms with van der Waals surface area (Å²) in [6, 6.07) is 19.4. The van der Waals surface area contributed by atoms with Crippen LogP contribution in [0.1, 0.15) is 47.1 Å². The van der Waals surface area contributed by atoms with E-state index in [2.05, 4.69) is 53.7 Å². The van der Waals surface area contributed by atoms with Crippen LogP contribution in [0.3, 0.4) is 0 Å². The van der Waals surface area contributed by atoms with Crippen LogP contribution < -0.4 is 10.9 Å². The summed E-state index contributed by atoms with van der Waals surface area (Å²) >= 11 is 0. The highest BCUT2D eigenvalue weighted by molar-refractivity contribution is 6.92. The van der Waals surface area contributed by atoms with Crippen LogP contribution in [0.4, 0.5) is 0 Å². The molecule has 1 atom stereocenters. The van der Waals surface area contributed by atoms with Crippen LogP contribution in [0.15, 0.2) is 60.7 Å². The summed E-state index contributed by atoms with van der Waals surface area (Å²) < 4.78 is 6.46. The minimum atomic E-state index is -2.75. The standard InChI is InChI=1S/C23H33NO2Si/c1-22(2,3)27(23(4,5)6,19-15-11-8-12-16-19)26-21(25)20(24)17-18-13-9-7-10-14-18/h7-16,20H,17,24H2,1-6H3/t20-/m0/s1. The van der Waals surface area contributed by atoms with Crippen LogP contribution in [0.5, 0.6) is 0 Å². The van der Waals surface area contributed by atoms with Gasteiger partial charge in [-0.15, -0.1) is 0 Å². The quantitative estimate of drug-likeness (QED) is 0.771. The molecule has 0 saturated heterocycles. The fraction of sp³-hybridized carbons (Fsp3) is 0.435.